The van der Waals surface area contributed by atoms with Gasteiger partial charge in [0, 0.05) is 17.1 Å². The van der Waals surface area contributed by atoms with E-state index in [4.69, 9.17) is 34.8 Å². The number of halogens is 3. The van der Waals surface area contributed by atoms with Crippen LogP contribution in [0.5, 0.6) is 0 Å². The van der Waals surface area contributed by atoms with E-state index in [1.807, 2.05) is 36.4 Å². The Hall–Kier alpha value is -0.730. The summed E-state index contributed by atoms with van der Waals surface area (Å²) in [5.41, 5.74) is 2.27. The van der Waals surface area contributed by atoms with Crippen LogP contribution in [0.25, 0.3) is 0 Å². The molecule has 0 heterocycles. The molecule has 2 rings (SSSR count). The standard InChI is InChI=1S/C17H18Cl3N/c1-11(9-14-5-3-4-6-15(14)18)21-12(2)13-7-8-16(19)17(20)10-13/h3-8,10-12,21H,9H2,1-2H3. The summed E-state index contributed by atoms with van der Waals surface area (Å²) in [6.07, 6.45) is 0.880. The van der Waals surface area contributed by atoms with Gasteiger partial charge in [-0.2, -0.15) is 0 Å². The van der Waals surface area contributed by atoms with E-state index in [0.29, 0.717) is 16.1 Å². The number of hydrogen-bond donors (Lipinski definition) is 1. The van der Waals surface area contributed by atoms with E-state index in [9.17, 15) is 0 Å². The van der Waals surface area contributed by atoms with Gasteiger partial charge < -0.3 is 5.32 Å². The maximum Gasteiger partial charge on any atom is 0.0595 e. The van der Waals surface area contributed by atoms with Crippen LogP contribution in [0.3, 0.4) is 0 Å². The molecule has 112 valence electrons. The molecule has 2 aromatic carbocycles. The fourth-order valence-corrected chi connectivity index (χ4v) is 2.88. The van der Waals surface area contributed by atoms with Crippen LogP contribution in [0.4, 0.5) is 0 Å². The minimum Gasteiger partial charge on any atom is -0.307 e. The van der Waals surface area contributed by atoms with Crippen molar-refractivity contribution in [3.8, 4) is 0 Å². The molecule has 0 aromatic heterocycles. The molecular weight excluding hydrogens is 325 g/mol. The van der Waals surface area contributed by atoms with Crippen LogP contribution in [-0.2, 0) is 6.42 Å². The highest BCUT2D eigenvalue weighted by molar-refractivity contribution is 6.42. The maximum atomic E-state index is 6.20. The first-order chi connectivity index (χ1) is 9.97. The molecule has 1 N–H and O–H groups in total. The van der Waals surface area contributed by atoms with Gasteiger partial charge in [0.15, 0.2) is 0 Å². The van der Waals surface area contributed by atoms with Crippen molar-refractivity contribution in [2.24, 2.45) is 0 Å². The SMILES string of the molecule is CC(Cc1ccccc1Cl)NC(C)c1ccc(Cl)c(Cl)c1. The topological polar surface area (TPSA) is 12.0 Å². The molecule has 4 heteroatoms. The van der Waals surface area contributed by atoms with Crippen molar-refractivity contribution in [3.63, 3.8) is 0 Å². The predicted molar refractivity (Wildman–Crippen MR) is 92.6 cm³/mol. The van der Waals surface area contributed by atoms with Gasteiger partial charge in [-0.3, -0.25) is 0 Å². The lowest BCUT2D eigenvalue weighted by Gasteiger charge is -2.21. The summed E-state index contributed by atoms with van der Waals surface area (Å²) in [6, 6.07) is 14.2. The van der Waals surface area contributed by atoms with Gasteiger partial charge >= 0.3 is 0 Å². The zero-order valence-electron chi connectivity index (χ0n) is 12.0. The molecule has 21 heavy (non-hydrogen) atoms. The van der Waals surface area contributed by atoms with E-state index >= 15 is 0 Å². The van der Waals surface area contributed by atoms with E-state index in [1.54, 1.807) is 0 Å². The minimum atomic E-state index is 0.192. The van der Waals surface area contributed by atoms with Crippen molar-refractivity contribution in [3.05, 3.63) is 68.7 Å². The van der Waals surface area contributed by atoms with Gasteiger partial charge in [0.2, 0.25) is 0 Å². The first-order valence-electron chi connectivity index (χ1n) is 6.91. The van der Waals surface area contributed by atoms with Crippen molar-refractivity contribution in [1.29, 1.82) is 0 Å². The normalized spacial score (nSPS) is 14.0. The molecule has 2 atom stereocenters. The minimum absolute atomic E-state index is 0.192. The Labute approximate surface area is 141 Å². The Balaban J connectivity index is 2.00. The first-order valence-corrected chi connectivity index (χ1v) is 8.05. The highest BCUT2D eigenvalue weighted by atomic mass is 35.5. The maximum absolute atomic E-state index is 6.20. The summed E-state index contributed by atoms with van der Waals surface area (Å²) in [4.78, 5) is 0. The van der Waals surface area contributed by atoms with Crippen LogP contribution in [0.2, 0.25) is 15.1 Å². The fraction of sp³-hybridized carbons (Fsp3) is 0.294. The van der Waals surface area contributed by atoms with Gasteiger partial charge in [-0.1, -0.05) is 59.1 Å². The molecule has 2 aromatic rings. The number of hydrogen-bond acceptors (Lipinski definition) is 1. The molecule has 0 bridgehead atoms. The molecule has 2 unspecified atom stereocenters. The van der Waals surface area contributed by atoms with Crippen molar-refractivity contribution in [2.45, 2.75) is 32.4 Å². The second-order valence-corrected chi connectivity index (χ2v) is 6.48. The van der Waals surface area contributed by atoms with Crippen LogP contribution in [0, 0.1) is 0 Å². The van der Waals surface area contributed by atoms with Crippen LogP contribution < -0.4 is 5.32 Å². The largest absolute Gasteiger partial charge is 0.307 e. The highest BCUT2D eigenvalue weighted by Gasteiger charge is 2.12. The van der Waals surface area contributed by atoms with Crippen LogP contribution >= 0.6 is 34.8 Å². The van der Waals surface area contributed by atoms with Gasteiger partial charge in [0.05, 0.1) is 10.0 Å². The zero-order chi connectivity index (χ0) is 15.4. The number of nitrogens with one attached hydrogen (secondary N) is 1. The Kier molecular flexibility index (Phi) is 5.95. The second-order valence-electron chi connectivity index (χ2n) is 5.26. The van der Waals surface area contributed by atoms with Crippen molar-refractivity contribution >= 4 is 34.8 Å². The molecule has 1 nitrogen and oxygen atoms in total. The Bertz CT molecular complexity index is 613. The molecule has 0 aliphatic heterocycles. The fourth-order valence-electron chi connectivity index (χ4n) is 2.36. The quantitative estimate of drug-likeness (QED) is 0.710. The monoisotopic (exact) mass is 341 g/mol. The summed E-state index contributed by atoms with van der Waals surface area (Å²) in [6.45, 7) is 4.26. The molecule has 0 radical (unpaired) electrons. The van der Waals surface area contributed by atoms with E-state index in [-0.39, 0.29) is 6.04 Å². The van der Waals surface area contributed by atoms with Crippen molar-refractivity contribution < 1.29 is 0 Å². The number of benzene rings is 2. The molecule has 0 fully saturated rings. The molecular formula is C17H18Cl3N. The van der Waals surface area contributed by atoms with Gasteiger partial charge in [-0.05, 0) is 49.6 Å². The third kappa shape index (κ3) is 4.62. The van der Waals surface area contributed by atoms with Gasteiger partial charge in [0.25, 0.3) is 0 Å². The molecule has 0 saturated heterocycles. The van der Waals surface area contributed by atoms with Gasteiger partial charge in [0.1, 0.15) is 0 Å². The van der Waals surface area contributed by atoms with Gasteiger partial charge in [-0.25, -0.2) is 0 Å². The summed E-state index contributed by atoms with van der Waals surface area (Å²) < 4.78 is 0. The smallest absolute Gasteiger partial charge is 0.0595 e. The summed E-state index contributed by atoms with van der Waals surface area (Å²) in [5.74, 6) is 0. The molecule has 0 saturated carbocycles. The van der Waals surface area contributed by atoms with Crippen LogP contribution in [-0.4, -0.2) is 6.04 Å². The average molecular weight is 343 g/mol. The molecule has 0 aliphatic carbocycles. The average Bonchev–Trinajstić information content (AvgIpc) is 2.44. The lowest BCUT2D eigenvalue weighted by Crippen LogP contribution is -2.30. The van der Waals surface area contributed by atoms with Crippen LogP contribution in [0.1, 0.15) is 31.0 Å². The van der Waals surface area contributed by atoms with E-state index in [2.05, 4.69) is 25.2 Å². The van der Waals surface area contributed by atoms with Crippen LogP contribution in [0.15, 0.2) is 42.5 Å². The first kappa shape index (κ1) is 16.6. The van der Waals surface area contributed by atoms with Crippen molar-refractivity contribution in [2.75, 3.05) is 0 Å². The summed E-state index contributed by atoms with van der Waals surface area (Å²) in [5, 5.41) is 5.54. The molecule has 0 spiro atoms. The third-order valence-electron chi connectivity index (χ3n) is 3.46. The molecule has 0 aliphatic rings. The van der Waals surface area contributed by atoms with E-state index in [0.717, 1.165) is 22.6 Å². The zero-order valence-corrected chi connectivity index (χ0v) is 14.3. The highest BCUT2D eigenvalue weighted by Crippen LogP contribution is 2.26. The van der Waals surface area contributed by atoms with Gasteiger partial charge in [-0.15, -0.1) is 0 Å². The van der Waals surface area contributed by atoms with E-state index in [1.165, 1.54) is 0 Å². The Morgan fingerprint density at radius 1 is 0.905 bits per heavy atom. The lowest BCUT2D eigenvalue weighted by molar-refractivity contribution is 0.477. The summed E-state index contributed by atoms with van der Waals surface area (Å²) in [7, 11) is 0. The summed E-state index contributed by atoms with van der Waals surface area (Å²) >= 11 is 18.2. The Morgan fingerprint density at radius 3 is 2.29 bits per heavy atom. The van der Waals surface area contributed by atoms with E-state index < -0.39 is 0 Å². The number of rotatable bonds is 5. The lowest BCUT2D eigenvalue weighted by atomic mass is 10.0. The second kappa shape index (κ2) is 7.51. The van der Waals surface area contributed by atoms with Crippen molar-refractivity contribution in [1.82, 2.24) is 5.32 Å². The third-order valence-corrected chi connectivity index (χ3v) is 4.57. The molecule has 0 amide bonds. The Morgan fingerprint density at radius 2 is 1.62 bits per heavy atom. The predicted octanol–water partition coefficient (Wildman–Crippen LogP) is 5.93.